The van der Waals surface area contributed by atoms with Crippen molar-refractivity contribution in [3.05, 3.63) is 23.4 Å². The number of nitrogens with one attached hydrogen (secondary N) is 1. The van der Waals surface area contributed by atoms with Gasteiger partial charge in [-0.1, -0.05) is 6.92 Å². The maximum Gasteiger partial charge on any atom is 0.131 e. The Kier molecular flexibility index (Phi) is 5.00. The SMILES string of the molecule is CCCNCc1cnc(N2CCCC(C)(O)C2)c(C)c1. The summed E-state index contributed by atoms with van der Waals surface area (Å²) < 4.78 is 0. The van der Waals surface area contributed by atoms with E-state index in [1.165, 1.54) is 11.1 Å². The molecule has 0 spiro atoms. The summed E-state index contributed by atoms with van der Waals surface area (Å²) in [6.45, 7) is 9.76. The van der Waals surface area contributed by atoms with E-state index < -0.39 is 5.60 Å². The first kappa shape index (κ1) is 15.3. The van der Waals surface area contributed by atoms with Crippen molar-refractivity contribution in [2.45, 2.75) is 52.2 Å². The van der Waals surface area contributed by atoms with Crippen molar-refractivity contribution in [3.63, 3.8) is 0 Å². The number of rotatable bonds is 5. The van der Waals surface area contributed by atoms with Gasteiger partial charge in [-0.15, -0.1) is 0 Å². The third-order valence-electron chi connectivity index (χ3n) is 3.84. The Morgan fingerprint density at radius 3 is 2.95 bits per heavy atom. The van der Waals surface area contributed by atoms with E-state index >= 15 is 0 Å². The number of aliphatic hydroxyl groups is 1. The zero-order valence-corrected chi connectivity index (χ0v) is 12.9. The second kappa shape index (κ2) is 6.55. The van der Waals surface area contributed by atoms with Gasteiger partial charge in [-0.05, 0) is 56.8 Å². The third-order valence-corrected chi connectivity index (χ3v) is 3.84. The normalized spacial score (nSPS) is 23.1. The first-order valence-corrected chi connectivity index (χ1v) is 7.65. The highest BCUT2D eigenvalue weighted by molar-refractivity contribution is 5.48. The second-order valence-electron chi connectivity index (χ2n) is 6.18. The van der Waals surface area contributed by atoms with Crippen LogP contribution in [0.15, 0.2) is 12.3 Å². The second-order valence-corrected chi connectivity index (χ2v) is 6.18. The zero-order chi connectivity index (χ0) is 14.6. The Labute approximate surface area is 122 Å². The number of aryl methyl sites for hydroxylation is 1. The lowest BCUT2D eigenvalue weighted by atomic mass is 9.95. The van der Waals surface area contributed by atoms with Gasteiger partial charge < -0.3 is 15.3 Å². The predicted octanol–water partition coefficient (Wildman–Crippen LogP) is 2.24. The highest BCUT2D eigenvalue weighted by atomic mass is 16.3. The van der Waals surface area contributed by atoms with Gasteiger partial charge in [0.05, 0.1) is 5.60 Å². The summed E-state index contributed by atoms with van der Waals surface area (Å²) in [5.74, 6) is 1.02. The highest BCUT2D eigenvalue weighted by Crippen LogP contribution is 2.26. The number of aromatic nitrogens is 1. The molecule has 20 heavy (non-hydrogen) atoms. The monoisotopic (exact) mass is 277 g/mol. The smallest absolute Gasteiger partial charge is 0.131 e. The first-order chi connectivity index (χ1) is 9.52. The molecule has 0 amide bonds. The molecule has 1 atom stereocenters. The number of anilines is 1. The van der Waals surface area contributed by atoms with Crippen molar-refractivity contribution in [1.29, 1.82) is 0 Å². The molecule has 1 fully saturated rings. The minimum atomic E-state index is -0.590. The van der Waals surface area contributed by atoms with Crippen LogP contribution in [0, 0.1) is 6.92 Å². The van der Waals surface area contributed by atoms with Gasteiger partial charge in [-0.25, -0.2) is 4.98 Å². The van der Waals surface area contributed by atoms with Crippen molar-refractivity contribution < 1.29 is 5.11 Å². The van der Waals surface area contributed by atoms with E-state index in [1.54, 1.807) is 0 Å². The summed E-state index contributed by atoms with van der Waals surface area (Å²) >= 11 is 0. The summed E-state index contributed by atoms with van der Waals surface area (Å²) in [4.78, 5) is 6.83. The number of nitrogens with zero attached hydrogens (tertiary/aromatic N) is 2. The average Bonchev–Trinajstić information content (AvgIpc) is 2.38. The van der Waals surface area contributed by atoms with Crippen molar-refractivity contribution in [2.75, 3.05) is 24.5 Å². The zero-order valence-electron chi connectivity index (χ0n) is 12.9. The van der Waals surface area contributed by atoms with Gasteiger partial charge >= 0.3 is 0 Å². The standard InChI is InChI=1S/C16H27N3O/c1-4-7-17-10-14-9-13(2)15(18-11-14)19-8-5-6-16(3,20)12-19/h9,11,17,20H,4-8,10,12H2,1-3H3. The van der Waals surface area contributed by atoms with Crippen LogP contribution in [0.2, 0.25) is 0 Å². The van der Waals surface area contributed by atoms with E-state index in [4.69, 9.17) is 0 Å². The van der Waals surface area contributed by atoms with Crippen LogP contribution in [0.3, 0.4) is 0 Å². The molecule has 1 aromatic rings. The maximum atomic E-state index is 10.2. The molecule has 0 bridgehead atoms. The largest absolute Gasteiger partial charge is 0.388 e. The maximum absolute atomic E-state index is 10.2. The van der Waals surface area contributed by atoms with E-state index in [2.05, 4.69) is 35.1 Å². The number of hydrogen-bond acceptors (Lipinski definition) is 4. The van der Waals surface area contributed by atoms with E-state index in [0.717, 1.165) is 44.7 Å². The molecule has 1 aliphatic rings. The Morgan fingerprint density at radius 2 is 2.30 bits per heavy atom. The lowest BCUT2D eigenvalue weighted by molar-refractivity contribution is 0.0447. The highest BCUT2D eigenvalue weighted by Gasteiger charge is 2.29. The molecule has 0 radical (unpaired) electrons. The van der Waals surface area contributed by atoms with Crippen LogP contribution in [0.5, 0.6) is 0 Å². The minimum absolute atomic E-state index is 0.590. The van der Waals surface area contributed by atoms with Crippen molar-refractivity contribution in [1.82, 2.24) is 10.3 Å². The van der Waals surface area contributed by atoms with Crippen LogP contribution in [-0.4, -0.2) is 35.3 Å². The minimum Gasteiger partial charge on any atom is -0.388 e. The number of hydrogen-bond donors (Lipinski definition) is 2. The lowest BCUT2D eigenvalue weighted by Gasteiger charge is -2.38. The third kappa shape index (κ3) is 3.93. The van der Waals surface area contributed by atoms with Crippen LogP contribution < -0.4 is 10.2 Å². The molecule has 112 valence electrons. The van der Waals surface area contributed by atoms with Crippen LogP contribution >= 0.6 is 0 Å². The average molecular weight is 277 g/mol. The van der Waals surface area contributed by atoms with Crippen LogP contribution in [-0.2, 0) is 6.54 Å². The van der Waals surface area contributed by atoms with Gasteiger partial charge in [-0.3, -0.25) is 0 Å². The Morgan fingerprint density at radius 1 is 1.50 bits per heavy atom. The van der Waals surface area contributed by atoms with Gasteiger partial charge in [0.25, 0.3) is 0 Å². The molecule has 0 aromatic carbocycles. The van der Waals surface area contributed by atoms with E-state index in [1.807, 2.05) is 13.1 Å². The van der Waals surface area contributed by atoms with Crippen LogP contribution in [0.25, 0.3) is 0 Å². The fraction of sp³-hybridized carbons (Fsp3) is 0.688. The summed E-state index contributed by atoms with van der Waals surface area (Å²) in [5, 5.41) is 13.6. The molecule has 0 saturated carbocycles. The molecule has 2 rings (SSSR count). The molecule has 0 aliphatic carbocycles. The molecule has 1 unspecified atom stereocenters. The van der Waals surface area contributed by atoms with Crippen molar-refractivity contribution >= 4 is 5.82 Å². The number of piperidine rings is 1. The molecular formula is C16H27N3O. The number of pyridine rings is 1. The van der Waals surface area contributed by atoms with Crippen molar-refractivity contribution in [3.8, 4) is 0 Å². The molecule has 2 heterocycles. The Hall–Kier alpha value is -1.13. The summed E-state index contributed by atoms with van der Waals surface area (Å²) in [7, 11) is 0. The Balaban J connectivity index is 2.05. The summed E-state index contributed by atoms with van der Waals surface area (Å²) in [6.07, 6.45) is 5.00. The molecule has 4 heteroatoms. The van der Waals surface area contributed by atoms with Gasteiger partial charge in [0.1, 0.15) is 5.82 Å². The van der Waals surface area contributed by atoms with E-state index in [9.17, 15) is 5.11 Å². The summed E-state index contributed by atoms with van der Waals surface area (Å²) in [5.41, 5.74) is 1.83. The van der Waals surface area contributed by atoms with Crippen molar-refractivity contribution in [2.24, 2.45) is 0 Å². The van der Waals surface area contributed by atoms with Crippen LogP contribution in [0.4, 0.5) is 5.82 Å². The van der Waals surface area contributed by atoms with Gasteiger partial charge in [0, 0.05) is 25.8 Å². The molecule has 2 N–H and O–H groups in total. The molecule has 1 saturated heterocycles. The van der Waals surface area contributed by atoms with E-state index in [0.29, 0.717) is 6.54 Å². The fourth-order valence-electron chi connectivity index (χ4n) is 2.86. The topological polar surface area (TPSA) is 48.4 Å². The quantitative estimate of drug-likeness (QED) is 0.810. The van der Waals surface area contributed by atoms with Gasteiger partial charge in [0.15, 0.2) is 0 Å². The predicted molar refractivity (Wildman–Crippen MR) is 83.0 cm³/mol. The van der Waals surface area contributed by atoms with Crippen LogP contribution in [0.1, 0.15) is 44.2 Å². The lowest BCUT2D eigenvalue weighted by Crippen LogP contribution is -2.46. The molecule has 4 nitrogen and oxygen atoms in total. The summed E-state index contributed by atoms with van der Waals surface area (Å²) in [6, 6.07) is 2.20. The first-order valence-electron chi connectivity index (χ1n) is 7.65. The number of β-amino-alcohol motifs (C(OH)–C–C–N with tert-alkyl or cyclic N) is 1. The van der Waals surface area contributed by atoms with Gasteiger partial charge in [0.2, 0.25) is 0 Å². The van der Waals surface area contributed by atoms with E-state index in [-0.39, 0.29) is 0 Å². The molecule has 1 aromatic heterocycles. The van der Waals surface area contributed by atoms with Gasteiger partial charge in [-0.2, -0.15) is 0 Å². The molecular weight excluding hydrogens is 250 g/mol. The Bertz CT molecular complexity index is 445. The fourth-order valence-corrected chi connectivity index (χ4v) is 2.86. The molecule has 1 aliphatic heterocycles.